The molecule has 98 valence electrons. The lowest BCUT2D eigenvalue weighted by Gasteiger charge is -2.32. The van der Waals surface area contributed by atoms with Crippen LogP contribution in [0.25, 0.3) is 0 Å². The van der Waals surface area contributed by atoms with Crippen molar-refractivity contribution in [2.24, 2.45) is 0 Å². The molecule has 0 radical (unpaired) electrons. The lowest BCUT2D eigenvalue weighted by molar-refractivity contribution is -0.145. The molecular weight excluding hydrogens is 277 g/mol. The molecule has 1 aromatic carbocycles. The van der Waals surface area contributed by atoms with Crippen molar-refractivity contribution in [2.45, 2.75) is 6.04 Å². The molecule has 1 N–H and O–H groups in total. The Morgan fingerprint density at radius 3 is 2.28 bits per heavy atom. The number of carboxylic acid groups (broad SMARTS) is 1. The number of rotatable bonds is 3. The van der Waals surface area contributed by atoms with Crippen LogP contribution in [0.15, 0.2) is 18.2 Å². The summed E-state index contributed by atoms with van der Waals surface area (Å²) in [7, 11) is 0. The highest BCUT2D eigenvalue weighted by Crippen LogP contribution is 2.28. The lowest BCUT2D eigenvalue weighted by Crippen LogP contribution is -2.42. The summed E-state index contributed by atoms with van der Waals surface area (Å²) in [5.74, 6) is -0.907. The minimum absolute atomic E-state index is 0.442. The molecule has 1 aliphatic rings. The predicted octanol–water partition coefficient (Wildman–Crippen LogP) is 2.45. The van der Waals surface area contributed by atoms with Crippen molar-refractivity contribution in [1.82, 2.24) is 4.90 Å². The van der Waals surface area contributed by atoms with Gasteiger partial charge in [-0.3, -0.25) is 9.69 Å². The van der Waals surface area contributed by atoms with Gasteiger partial charge in [-0.2, -0.15) is 0 Å². The minimum Gasteiger partial charge on any atom is -0.480 e. The van der Waals surface area contributed by atoms with Gasteiger partial charge in [0, 0.05) is 23.1 Å². The highest BCUT2D eigenvalue weighted by molar-refractivity contribution is 6.34. The van der Waals surface area contributed by atoms with Gasteiger partial charge in [0.05, 0.1) is 13.2 Å². The standard InChI is InChI=1S/C12H13Cl2NO3/c13-9-5-8(6-10(14)7-9)11(12(16)17)15-1-3-18-4-2-15/h5-7,11H,1-4H2,(H,16,17)/t11-/m1/s1. The number of benzene rings is 1. The van der Waals surface area contributed by atoms with Gasteiger partial charge < -0.3 is 9.84 Å². The van der Waals surface area contributed by atoms with Gasteiger partial charge in [0.1, 0.15) is 6.04 Å². The van der Waals surface area contributed by atoms with Crippen molar-refractivity contribution in [2.75, 3.05) is 26.3 Å². The number of aliphatic carboxylic acids is 1. The van der Waals surface area contributed by atoms with Gasteiger partial charge in [-0.25, -0.2) is 0 Å². The summed E-state index contributed by atoms with van der Waals surface area (Å²) in [6, 6.07) is 4.14. The van der Waals surface area contributed by atoms with Crippen LogP contribution in [0.4, 0.5) is 0 Å². The van der Waals surface area contributed by atoms with Crippen LogP contribution in [0, 0.1) is 0 Å². The zero-order valence-corrected chi connectivity index (χ0v) is 11.1. The molecule has 0 aliphatic carbocycles. The van der Waals surface area contributed by atoms with Crippen molar-refractivity contribution in [1.29, 1.82) is 0 Å². The van der Waals surface area contributed by atoms with E-state index >= 15 is 0 Å². The van der Waals surface area contributed by atoms with Crippen LogP contribution in [0.5, 0.6) is 0 Å². The summed E-state index contributed by atoms with van der Waals surface area (Å²) in [6.07, 6.45) is 0. The van der Waals surface area contributed by atoms with E-state index < -0.39 is 12.0 Å². The summed E-state index contributed by atoms with van der Waals surface area (Å²) in [5.41, 5.74) is 0.599. The second-order valence-electron chi connectivity index (χ2n) is 4.09. The summed E-state index contributed by atoms with van der Waals surface area (Å²) in [4.78, 5) is 13.3. The fourth-order valence-corrected chi connectivity index (χ4v) is 2.62. The largest absolute Gasteiger partial charge is 0.480 e. The molecule has 2 rings (SSSR count). The molecule has 0 bridgehead atoms. The first kappa shape index (κ1) is 13.6. The first-order chi connectivity index (χ1) is 8.58. The average molecular weight is 290 g/mol. The molecule has 1 aromatic rings. The third-order valence-electron chi connectivity index (χ3n) is 2.85. The number of morpholine rings is 1. The van der Waals surface area contributed by atoms with Gasteiger partial charge in [-0.05, 0) is 23.8 Å². The third kappa shape index (κ3) is 3.14. The van der Waals surface area contributed by atoms with Crippen LogP contribution in [-0.2, 0) is 9.53 Å². The number of ether oxygens (including phenoxy) is 1. The van der Waals surface area contributed by atoms with Crippen LogP contribution < -0.4 is 0 Å². The van der Waals surface area contributed by atoms with Crippen LogP contribution in [-0.4, -0.2) is 42.3 Å². The molecule has 1 atom stereocenters. The van der Waals surface area contributed by atoms with E-state index in [1.54, 1.807) is 18.2 Å². The molecule has 1 heterocycles. The van der Waals surface area contributed by atoms with E-state index in [4.69, 9.17) is 27.9 Å². The Hall–Kier alpha value is -0.810. The Balaban J connectivity index is 2.31. The number of nitrogens with zero attached hydrogens (tertiary/aromatic N) is 1. The van der Waals surface area contributed by atoms with E-state index in [2.05, 4.69) is 0 Å². The second kappa shape index (κ2) is 5.89. The fraction of sp³-hybridized carbons (Fsp3) is 0.417. The first-order valence-corrected chi connectivity index (χ1v) is 6.34. The van der Waals surface area contributed by atoms with Gasteiger partial charge in [-0.1, -0.05) is 23.2 Å². The van der Waals surface area contributed by atoms with Gasteiger partial charge in [0.2, 0.25) is 0 Å². The van der Waals surface area contributed by atoms with E-state index in [1.807, 2.05) is 4.90 Å². The zero-order valence-electron chi connectivity index (χ0n) is 9.60. The molecule has 0 saturated carbocycles. The fourth-order valence-electron chi connectivity index (χ4n) is 2.08. The Bertz CT molecular complexity index is 427. The monoisotopic (exact) mass is 289 g/mol. The third-order valence-corrected chi connectivity index (χ3v) is 3.28. The van der Waals surface area contributed by atoms with Crippen molar-refractivity contribution in [3.05, 3.63) is 33.8 Å². The second-order valence-corrected chi connectivity index (χ2v) is 4.96. The maximum Gasteiger partial charge on any atom is 0.325 e. The highest BCUT2D eigenvalue weighted by atomic mass is 35.5. The molecule has 1 aliphatic heterocycles. The zero-order chi connectivity index (χ0) is 13.1. The summed E-state index contributed by atoms with van der Waals surface area (Å²) < 4.78 is 5.23. The van der Waals surface area contributed by atoms with E-state index in [-0.39, 0.29) is 0 Å². The van der Waals surface area contributed by atoms with E-state index in [9.17, 15) is 9.90 Å². The maximum absolute atomic E-state index is 11.5. The molecule has 0 spiro atoms. The number of carbonyl (C=O) groups is 1. The Labute approximate surface area is 115 Å². The molecule has 1 fully saturated rings. The number of carboxylic acids is 1. The summed E-state index contributed by atoms with van der Waals surface area (Å²) in [5, 5.41) is 10.3. The van der Waals surface area contributed by atoms with Crippen LogP contribution >= 0.6 is 23.2 Å². The van der Waals surface area contributed by atoms with Gasteiger partial charge >= 0.3 is 5.97 Å². The van der Waals surface area contributed by atoms with E-state index in [0.29, 0.717) is 41.9 Å². The van der Waals surface area contributed by atoms with Crippen LogP contribution in [0.2, 0.25) is 10.0 Å². The molecule has 6 heteroatoms. The van der Waals surface area contributed by atoms with Crippen molar-refractivity contribution >= 4 is 29.2 Å². The minimum atomic E-state index is -0.907. The Morgan fingerprint density at radius 1 is 1.22 bits per heavy atom. The van der Waals surface area contributed by atoms with Crippen molar-refractivity contribution in [3.63, 3.8) is 0 Å². The smallest absolute Gasteiger partial charge is 0.325 e. The first-order valence-electron chi connectivity index (χ1n) is 5.58. The van der Waals surface area contributed by atoms with E-state index in [1.165, 1.54) is 0 Å². The molecule has 0 aromatic heterocycles. The molecule has 0 unspecified atom stereocenters. The lowest BCUT2D eigenvalue weighted by atomic mass is 10.0. The van der Waals surface area contributed by atoms with Crippen molar-refractivity contribution < 1.29 is 14.6 Å². The number of hydrogen-bond acceptors (Lipinski definition) is 3. The summed E-state index contributed by atoms with van der Waals surface area (Å²) >= 11 is 11.8. The Morgan fingerprint density at radius 2 is 1.78 bits per heavy atom. The molecule has 4 nitrogen and oxygen atoms in total. The van der Waals surface area contributed by atoms with E-state index in [0.717, 1.165) is 0 Å². The molecule has 0 amide bonds. The molecular formula is C12H13Cl2NO3. The maximum atomic E-state index is 11.5. The van der Waals surface area contributed by atoms with Crippen molar-refractivity contribution in [3.8, 4) is 0 Å². The predicted molar refractivity (Wildman–Crippen MR) is 69.2 cm³/mol. The Kier molecular flexibility index (Phi) is 4.45. The quantitative estimate of drug-likeness (QED) is 0.929. The number of halogens is 2. The van der Waals surface area contributed by atoms with Crippen LogP contribution in [0.3, 0.4) is 0 Å². The topological polar surface area (TPSA) is 49.8 Å². The summed E-state index contributed by atoms with van der Waals surface area (Å²) in [6.45, 7) is 2.25. The normalized spacial score (nSPS) is 18.6. The highest BCUT2D eigenvalue weighted by Gasteiger charge is 2.29. The van der Waals surface area contributed by atoms with Gasteiger partial charge in [-0.15, -0.1) is 0 Å². The number of hydrogen-bond donors (Lipinski definition) is 1. The SMILES string of the molecule is O=C(O)[C@@H](c1cc(Cl)cc(Cl)c1)N1CCOCC1. The average Bonchev–Trinajstić information content (AvgIpc) is 2.28. The van der Waals surface area contributed by atoms with Gasteiger partial charge in [0.15, 0.2) is 0 Å². The molecule has 18 heavy (non-hydrogen) atoms. The van der Waals surface area contributed by atoms with Gasteiger partial charge in [0.25, 0.3) is 0 Å². The molecule has 1 saturated heterocycles. The van der Waals surface area contributed by atoms with Crippen LogP contribution in [0.1, 0.15) is 11.6 Å².